The Morgan fingerprint density at radius 1 is 0.500 bits per heavy atom. The Bertz CT molecular complexity index is 2680. The van der Waals surface area contributed by atoms with Crippen molar-refractivity contribution in [2.24, 2.45) is 0 Å². The van der Waals surface area contributed by atoms with Crippen molar-refractivity contribution in [2.75, 3.05) is 26.4 Å². The predicted molar refractivity (Wildman–Crippen MR) is 247 cm³/mol. The van der Waals surface area contributed by atoms with Crippen molar-refractivity contribution < 1.29 is 134 Å². The Hall–Kier alpha value is -5.68. The van der Waals surface area contributed by atoms with Gasteiger partial charge in [-0.15, -0.1) is 0 Å². The summed E-state index contributed by atoms with van der Waals surface area (Å²) in [6.45, 7) is -2.97. The Kier molecular flexibility index (Phi) is 17.8. The molecule has 4 aromatic rings. The summed E-state index contributed by atoms with van der Waals surface area (Å²) in [4.78, 5) is 27.3. The molecular weight excluding hydrogens is 1020 g/mol. The van der Waals surface area contributed by atoms with Crippen LogP contribution in [0.5, 0.6) is 28.7 Å². The number of ether oxygens (including phenoxy) is 9. The molecular formula is C48H56O28. The lowest BCUT2D eigenvalue weighted by Gasteiger charge is -2.39. The number of aliphatic hydroxyl groups excluding tert-OH is 15. The van der Waals surface area contributed by atoms with Gasteiger partial charge >= 0.3 is 5.97 Å². The van der Waals surface area contributed by atoms with E-state index in [-0.39, 0.29) is 22.8 Å². The van der Waals surface area contributed by atoms with Crippen molar-refractivity contribution in [3.63, 3.8) is 0 Å². The number of hydrogen-bond donors (Lipinski definition) is 16. The maximum absolute atomic E-state index is 14.5. The number of phenolic OH excluding ortho intramolecular Hbond substituents is 1. The third-order valence-corrected chi connectivity index (χ3v) is 12.9. The van der Waals surface area contributed by atoms with E-state index in [1.165, 1.54) is 54.6 Å². The van der Waals surface area contributed by atoms with Crippen LogP contribution in [-0.4, -0.2) is 237 Å². The number of carbonyl (C=O) groups is 1. The van der Waals surface area contributed by atoms with Gasteiger partial charge in [-0.3, -0.25) is 4.79 Å². The zero-order valence-electron chi connectivity index (χ0n) is 39.4. The van der Waals surface area contributed by atoms with Crippen LogP contribution in [0.15, 0.2) is 76.0 Å². The quantitative estimate of drug-likeness (QED) is 0.0367. The number of esters is 1. The van der Waals surface area contributed by atoms with Gasteiger partial charge in [0, 0.05) is 23.8 Å². The molecule has 4 aliphatic rings. The van der Waals surface area contributed by atoms with Crippen LogP contribution in [0.25, 0.3) is 28.4 Å². The van der Waals surface area contributed by atoms with Gasteiger partial charge in [-0.05, 0) is 48.0 Å². The van der Waals surface area contributed by atoms with Crippen molar-refractivity contribution in [3.05, 3.63) is 82.5 Å². The van der Waals surface area contributed by atoms with Gasteiger partial charge in [0.15, 0.2) is 5.76 Å². The lowest BCUT2D eigenvalue weighted by Crippen LogP contribution is -2.60. The molecule has 4 saturated heterocycles. The van der Waals surface area contributed by atoms with Crippen molar-refractivity contribution >= 4 is 23.0 Å². The van der Waals surface area contributed by atoms with Crippen LogP contribution in [0.2, 0.25) is 0 Å². The fraction of sp³-hybridized carbons (Fsp3) is 0.500. The fourth-order valence-electron chi connectivity index (χ4n) is 8.51. The lowest BCUT2D eigenvalue weighted by molar-refractivity contribution is -0.278. The van der Waals surface area contributed by atoms with E-state index in [0.29, 0.717) is 5.56 Å². The topological polar surface area (TPSA) is 454 Å². The molecule has 11 unspecified atom stereocenters. The summed E-state index contributed by atoms with van der Waals surface area (Å²) in [5, 5.41) is 165. The van der Waals surface area contributed by atoms with Crippen molar-refractivity contribution in [1.29, 1.82) is 0 Å². The first kappa shape index (κ1) is 56.5. The number of carbonyl (C=O) groups excluding carboxylic acids is 1. The average molecular weight is 1080 g/mol. The van der Waals surface area contributed by atoms with Crippen LogP contribution in [0.3, 0.4) is 0 Å². The van der Waals surface area contributed by atoms with E-state index < -0.39 is 189 Å². The summed E-state index contributed by atoms with van der Waals surface area (Å²) in [5.74, 6) is -3.32. The monoisotopic (exact) mass is 1080 g/mol. The van der Waals surface area contributed by atoms with Gasteiger partial charge in [-0.2, -0.15) is 0 Å². The Balaban J connectivity index is 1.02. The molecule has 76 heavy (non-hydrogen) atoms. The number of aliphatic hydroxyl groups is 15. The second-order valence-electron chi connectivity index (χ2n) is 18.0. The molecule has 0 saturated carbocycles. The number of benzene rings is 3. The molecule has 28 heteroatoms. The van der Waals surface area contributed by atoms with Crippen LogP contribution in [0.4, 0.5) is 0 Å². The van der Waals surface area contributed by atoms with Gasteiger partial charge in [0.05, 0.1) is 19.8 Å². The smallest absolute Gasteiger partial charge is 0.330 e. The first-order valence-electron chi connectivity index (χ1n) is 23.4. The SMILES string of the molecule is O=C(/C=C/c1ccc(O[C@@H]2OC(CO)[C@H](O)C(O)C2O)cc1)OCC1O[C@@H](Oc2c(-c3ccc(O[C@@H]4OC(CO)[C@H](O)C(O)C4O)cc3)oc3cc(O[C@@H]4OC(CO)[C@H](O)C(O)[C@H]4O)cc(O)c3c2=O)C(O)C(O)[C@H]1O. The molecule has 1 aromatic heterocycles. The van der Waals surface area contributed by atoms with Crippen molar-refractivity contribution in [2.45, 2.75) is 123 Å². The van der Waals surface area contributed by atoms with E-state index in [9.17, 15) is 91.3 Å². The Morgan fingerprint density at radius 2 is 0.908 bits per heavy atom. The van der Waals surface area contributed by atoms with Gasteiger partial charge in [-0.1, -0.05) is 12.1 Å². The molecule has 4 aliphatic heterocycles. The molecule has 0 spiro atoms. The molecule has 8 rings (SSSR count). The summed E-state index contributed by atoms with van der Waals surface area (Å²) >= 11 is 0. The predicted octanol–water partition coefficient (Wildman–Crippen LogP) is -5.86. The number of phenols is 1. The zero-order valence-corrected chi connectivity index (χ0v) is 39.4. The van der Waals surface area contributed by atoms with Gasteiger partial charge in [0.1, 0.15) is 138 Å². The zero-order chi connectivity index (χ0) is 54.9. The number of rotatable bonds is 16. The van der Waals surface area contributed by atoms with Gasteiger partial charge < -0.3 is 129 Å². The maximum Gasteiger partial charge on any atom is 0.330 e. The molecule has 16 N–H and O–H groups in total. The minimum absolute atomic E-state index is 0.0194. The molecule has 416 valence electrons. The summed E-state index contributed by atoms with van der Waals surface area (Å²) in [7, 11) is 0. The van der Waals surface area contributed by atoms with Crippen molar-refractivity contribution in [3.8, 4) is 40.1 Å². The van der Waals surface area contributed by atoms with Crippen LogP contribution < -0.4 is 24.4 Å². The molecule has 0 radical (unpaired) electrons. The van der Waals surface area contributed by atoms with Crippen LogP contribution in [0, 0.1) is 0 Å². The number of fused-ring (bicyclic) bond motifs is 1. The van der Waals surface area contributed by atoms with Gasteiger partial charge in [0.25, 0.3) is 0 Å². The van der Waals surface area contributed by atoms with E-state index >= 15 is 0 Å². The number of hydrogen-bond acceptors (Lipinski definition) is 28. The number of aromatic hydroxyl groups is 1. The molecule has 20 atom stereocenters. The molecule has 4 fully saturated rings. The first-order valence-corrected chi connectivity index (χ1v) is 23.4. The van der Waals surface area contributed by atoms with Gasteiger partial charge in [-0.25, -0.2) is 4.79 Å². The first-order chi connectivity index (χ1) is 36.2. The Labute approximate surface area is 427 Å². The molecule has 5 heterocycles. The molecule has 28 nitrogen and oxygen atoms in total. The minimum Gasteiger partial charge on any atom is -0.507 e. The molecule has 0 aliphatic carbocycles. The van der Waals surface area contributed by atoms with Gasteiger partial charge in [0.2, 0.25) is 36.3 Å². The fourth-order valence-corrected chi connectivity index (χ4v) is 8.51. The minimum atomic E-state index is -2.12. The third-order valence-electron chi connectivity index (χ3n) is 12.9. The molecule has 3 aromatic carbocycles. The van der Waals surface area contributed by atoms with Crippen molar-refractivity contribution in [1.82, 2.24) is 0 Å². The molecule has 0 amide bonds. The van der Waals surface area contributed by atoms with E-state index in [1.807, 2.05) is 0 Å². The highest BCUT2D eigenvalue weighted by Crippen LogP contribution is 2.39. The third kappa shape index (κ3) is 11.8. The highest BCUT2D eigenvalue weighted by Gasteiger charge is 2.49. The standard InChI is InChI=1S/C48H56O28/c49-13-24-30(54)35(59)39(63)45(72-24)68-19-6-1-17(2-7-19)3-10-28(53)67-16-27-33(57)38(62)42(66)48(75-27)76-44-34(58)29-22(52)11-21(70-47-41(65)37(61)32(56)26(15-51)74-47)12-23(29)71-43(44)18-4-8-20(9-5-18)69-46-40(64)36(60)31(55)25(14-50)73-46/h1-12,24-27,30-33,35-42,45-52,54-57,59-66H,13-16H2/b10-3+/t24?,25?,26?,27?,30-,31-,32-,33-,35?,36?,37?,38?,39?,40?,41+,42?,45+,46+,47+,48-/m0/s1. The summed E-state index contributed by atoms with van der Waals surface area (Å²) in [6.07, 6.45) is -31.8. The summed E-state index contributed by atoms with van der Waals surface area (Å²) in [5.41, 5.74) is -1.17. The van der Waals surface area contributed by atoms with E-state index in [2.05, 4.69) is 0 Å². The highest BCUT2D eigenvalue weighted by molar-refractivity contribution is 5.88. The van der Waals surface area contributed by atoms with E-state index in [1.54, 1.807) is 0 Å². The maximum atomic E-state index is 14.5. The highest BCUT2D eigenvalue weighted by atomic mass is 16.7. The van der Waals surface area contributed by atoms with Crippen LogP contribution >= 0.6 is 0 Å². The van der Waals surface area contributed by atoms with Crippen LogP contribution in [0.1, 0.15) is 5.56 Å². The molecule has 0 bridgehead atoms. The van der Waals surface area contributed by atoms with E-state index in [0.717, 1.165) is 18.2 Å². The normalized spacial score (nSPS) is 35.9. The Morgan fingerprint density at radius 3 is 1.37 bits per heavy atom. The average Bonchev–Trinajstić information content (AvgIpc) is 3.43. The summed E-state index contributed by atoms with van der Waals surface area (Å²) < 4.78 is 56.1. The summed E-state index contributed by atoms with van der Waals surface area (Å²) in [6, 6.07) is 12.9. The van der Waals surface area contributed by atoms with Crippen LogP contribution in [-0.2, 0) is 28.5 Å². The van der Waals surface area contributed by atoms with E-state index in [4.69, 9.17) is 47.0 Å². The second-order valence-corrected chi connectivity index (χ2v) is 18.0. The largest absolute Gasteiger partial charge is 0.507 e. The lowest BCUT2D eigenvalue weighted by atomic mass is 9.99. The second kappa shape index (κ2) is 23.9.